The Morgan fingerprint density at radius 2 is 2.09 bits per heavy atom. The van der Waals surface area contributed by atoms with Gasteiger partial charge in [-0.05, 0) is 26.5 Å². The van der Waals surface area contributed by atoms with E-state index in [4.69, 9.17) is 0 Å². The zero-order valence-electron chi connectivity index (χ0n) is 6.80. The van der Waals surface area contributed by atoms with E-state index in [0.717, 1.165) is 11.0 Å². The van der Waals surface area contributed by atoms with Crippen LogP contribution in [0.4, 0.5) is 4.39 Å². The normalized spacial score (nSPS) is 9.45. The maximum atomic E-state index is 12.5. The molecule has 3 heteroatoms. The first-order chi connectivity index (χ1) is 5.00. The van der Waals surface area contributed by atoms with Gasteiger partial charge in [0.25, 0.3) is 5.91 Å². The minimum absolute atomic E-state index is 0.224. The smallest absolute Gasteiger partial charge is 0.252 e. The fourth-order valence-electron chi connectivity index (χ4n) is 0.753. The number of halogens is 1. The maximum absolute atomic E-state index is 12.5. The molecule has 0 aliphatic heterocycles. The zero-order chi connectivity index (χ0) is 9.02. The Morgan fingerprint density at radius 1 is 1.64 bits per heavy atom. The second kappa shape index (κ2) is 3.91. The van der Waals surface area contributed by atoms with Gasteiger partial charge in [-0.3, -0.25) is 9.69 Å². The number of hydrogen-bond donors (Lipinski definition) is 0. The van der Waals surface area contributed by atoms with E-state index in [1.807, 2.05) is 0 Å². The molecule has 0 rings (SSSR count). The molecule has 0 unspecified atom stereocenters. The van der Waals surface area contributed by atoms with Crippen molar-refractivity contribution < 1.29 is 9.18 Å². The Balaban J connectivity index is 4.46. The average molecular weight is 157 g/mol. The number of rotatable bonds is 3. The molecule has 0 aromatic carbocycles. The van der Waals surface area contributed by atoms with Crippen LogP contribution in [-0.2, 0) is 4.79 Å². The third-order valence-corrected chi connectivity index (χ3v) is 1.19. The molecule has 0 aliphatic carbocycles. The van der Waals surface area contributed by atoms with E-state index in [2.05, 4.69) is 13.2 Å². The molecule has 1 amide bonds. The summed E-state index contributed by atoms with van der Waals surface area (Å²) in [5, 5.41) is 0. The van der Waals surface area contributed by atoms with Crippen LogP contribution in [0.3, 0.4) is 0 Å². The minimum Gasteiger partial charge on any atom is -0.283 e. The van der Waals surface area contributed by atoms with Crippen molar-refractivity contribution in [3.05, 3.63) is 25.2 Å². The second-order valence-electron chi connectivity index (χ2n) is 2.38. The highest BCUT2D eigenvalue weighted by molar-refractivity contribution is 5.88. The molecule has 0 fully saturated rings. The van der Waals surface area contributed by atoms with Gasteiger partial charge in [-0.1, -0.05) is 6.58 Å². The molecule has 0 saturated carbocycles. The molecule has 0 spiro atoms. The van der Waals surface area contributed by atoms with Crippen LogP contribution in [0.15, 0.2) is 25.2 Å². The number of carbonyl (C=O) groups excluding carboxylic acids is 1. The minimum atomic E-state index is -0.745. The van der Waals surface area contributed by atoms with E-state index >= 15 is 0 Å². The summed E-state index contributed by atoms with van der Waals surface area (Å²) in [5.41, 5.74) is 0. The summed E-state index contributed by atoms with van der Waals surface area (Å²) in [7, 11) is 0. The molecule has 62 valence electrons. The molecule has 0 atom stereocenters. The topological polar surface area (TPSA) is 20.3 Å². The van der Waals surface area contributed by atoms with Gasteiger partial charge in [0.1, 0.15) is 0 Å². The Bertz CT molecular complexity index is 187. The van der Waals surface area contributed by atoms with E-state index in [1.54, 1.807) is 13.8 Å². The van der Waals surface area contributed by atoms with E-state index in [-0.39, 0.29) is 6.04 Å². The van der Waals surface area contributed by atoms with Gasteiger partial charge < -0.3 is 0 Å². The zero-order valence-corrected chi connectivity index (χ0v) is 6.80. The van der Waals surface area contributed by atoms with Gasteiger partial charge in [0.15, 0.2) is 5.95 Å². The van der Waals surface area contributed by atoms with Crippen molar-refractivity contribution in [1.29, 1.82) is 0 Å². The molecular formula is C8H12FNO. The summed E-state index contributed by atoms with van der Waals surface area (Å²) in [6.45, 7) is 9.68. The fraction of sp³-hybridized carbons (Fsp3) is 0.375. The van der Waals surface area contributed by atoms with Gasteiger partial charge in [0, 0.05) is 6.04 Å². The molecular weight excluding hydrogens is 145 g/mol. The van der Waals surface area contributed by atoms with Crippen molar-refractivity contribution >= 4 is 5.91 Å². The summed E-state index contributed by atoms with van der Waals surface area (Å²) < 4.78 is 12.5. The predicted molar refractivity (Wildman–Crippen MR) is 42.4 cm³/mol. The Labute approximate surface area is 66.0 Å². The number of carbonyl (C=O) groups is 1. The van der Waals surface area contributed by atoms with E-state index in [1.165, 1.54) is 0 Å². The third-order valence-electron chi connectivity index (χ3n) is 1.19. The Kier molecular flexibility index (Phi) is 3.51. The first kappa shape index (κ1) is 9.88. The Hall–Kier alpha value is -1.12. The molecule has 11 heavy (non-hydrogen) atoms. The van der Waals surface area contributed by atoms with Crippen molar-refractivity contribution in [2.24, 2.45) is 0 Å². The van der Waals surface area contributed by atoms with Gasteiger partial charge in [-0.2, -0.15) is 4.39 Å². The van der Waals surface area contributed by atoms with Gasteiger partial charge in [-0.25, -0.2) is 0 Å². The summed E-state index contributed by atoms with van der Waals surface area (Å²) in [5.74, 6) is -1.21. The first-order valence-electron chi connectivity index (χ1n) is 3.30. The van der Waals surface area contributed by atoms with Crippen LogP contribution in [-0.4, -0.2) is 16.8 Å². The number of nitrogens with zero attached hydrogens (tertiary/aromatic N) is 1. The molecule has 0 aromatic rings. The monoisotopic (exact) mass is 157 g/mol. The highest BCUT2D eigenvalue weighted by Crippen LogP contribution is 2.08. The van der Waals surface area contributed by atoms with E-state index in [0.29, 0.717) is 0 Å². The van der Waals surface area contributed by atoms with Crippen molar-refractivity contribution in [3.8, 4) is 0 Å². The maximum Gasteiger partial charge on any atom is 0.252 e. The van der Waals surface area contributed by atoms with Crippen LogP contribution in [0.1, 0.15) is 13.8 Å². The largest absolute Gasteiger partial charge is 0.283 e. The summed E-state index contributed by atoms with van der Waals surface area (Å²) in [6, 6.07) is -0.224. The van der Waals surface area contributed by atoms with Gasteiger partial charge >= 0.3 is 0 Å². The van der Waals surface area contributed by atoms with E-state index < -0.39 is 11.9 Å². The van der Waals surface area contributed by atoms with Crippen LogP contribution < -0.4 is 0 Å². The van der Waals surface area contributed by atoms with Crippen molar-refractivity contribution in [3.63, 3.8) is 0 Å². The molecule has 0 heterocycles. The molecule has 0 N–H and O–H groups in total. The quantitative estimate of drug-likeness (QED) is 0.452. The van der Waals surface area contributed by atoms with Crippen LogP contribution in [0.25, 0.3) is 0 Å². The second-order valence-corrected chi connectivity index (χ2v) is 2.38. The lowest BCUT2D eigenvalue weighted by molar-refractivity contribution is -0.126. The average Bonchev–Trinajstić information content (AvgIpc) is 1.85. The number of hydrogen-bond acceptors (Lipinski definition) is 1. The lowest BCUT2D eigenvalue weighted by Gasteiger charge is -2.21. The lowest BCUT2D eigenvalue weighted by atomic mass is 10.3. The van der Waals surface area contributed by atoms with Crippen LogP contribution >= 0.6 is 0 Å². The van der Waals surface area contributed by atoms with Crippen LogP contribution in [0.2, 0.25) is 0 Å². The van der Waals surface area contributed by atoms with Crippen molar-refractivity contribution in [1.82, 2.24) is 4.90 Å². The molecule has 0 aromatic heterocycles. The van der Waals surface area contributed by atoms with Crippen LogP contribution in [0.5, 0.6) is 0 Å². The molecule has 0 saturated heterocycles. The van der Waals surface area contributed by atoms with Crippen LogP contribution in [0, 0.1) is 0 Å². The van der Waals surface area contributed by atoms with Gasteiger partial charge in [0.2, 0.25) is 0 Å². The third kappa shape index (κ3) is 2.53. The fourth-order valence-corrected chi connectivity index (χ4v) is 0.753. The highest BCUT2D eigenvalue weighted by Gasteiger charge is 2.16. The highest BCUT2D eigenvalue weighted by atomic mass is 19.1. The molecule has 0 bridgehead atoms. The van der Waals surface area contributed by atoms with Crippen molar-refractivity contribution in [2.75, 3.05) is 0 Å². The predicted octanol–water partition coefficient (Wildman–Crippen LogP) is 1.85. The Morgan fingerprint density at radius 3 is 2.18 bits per heavy atom. The molecule has 2 nitrogen and oxygen atoms in total. The molecule has 0 radical (unpaired) electrons. The standard InChI is InChI=1S/C8H12FNO/c1-5-8(11)10(6(2)3)7(4)9/h5-6H,1,4H2,2-3H3. The SMILES string of the molecule is C=CC(=O)N(C(=C)F)C(C)C. The van der Waals surface area contributed by atoms with E-state index in [9.17, 15) is 9.18 Å². The lowest BCUT2D eigenvalue weighted by Crippen LogP contribution is -2.33. The summed E-state index contributed by atoms with van der Waals surface area (Å²) in [4.78, 5) is 11.8. The summed E-state index contributed by atoms with van der Waals surface area (Å²) in [6.07, 6.45) is 1.06. The van der Waals surface area contributed by atoms with Crippen molar-refractivity contribution in [2.45, 2.75) is 19.9 Å². The van der Waals surface area contributed by atoms with Gasteiger partial charge in [0.05, 0.1) is 0 Å². The molecule has 0 aliphatic rings. The first-order valence-corrected chi connectivity index (χ1v) is 3.30. The van der Waals surface area contributed by atoms with Gasteiger partial charge in [-0.15, -0.1) is 0 Å². The number of amides is 1. The summed E-state index contributed by atoms with van der Waals surface area (Å²) >= 11 is 0.